The first-order valence-electron chi connectivity index (χ1n) is 5.29. The number of aliphatic carboxylic acids is 2. The topological polar surface area (TPSA) is 77.8 Å². The van der Waals surface area contributed by atoms with Crippen molar-refractivity contribution >= 4 is 11.9 Å². The molecule has 1 aliphatic rings. The molecule has 0 aromatic rings. The number of unbranched alkanes of at least 4 members (excludes halogenated alkanes) is 1. The third kappa shape index (κ3) is 2.68. The molecule has 1 heterocycles. The quantitative estimate of drug-likeness (QED) is 0.709. The number of likely N-dealkylation sites (tertiary alicyclic amines) is 1. The minimum Gasteiger partial charge on any atom is -0.480 e. The van der Waals surface area contributed by atoms with Gasteiger partial charge in [-0.2, -0.15) is 0 Å². The number of carboxylic acid groups (broad SMARTS) is 2. The van der Waals surface area contributed by atoms with Crippen LogP contribution in [0, 0.1) is 0 Å². The lowest BCUT2D eigenvalue weighted by Crippen LogP contribution is -2.44. The van der Waals surface area contributed by atoms with E-state index in [0.717, 1.165) is 12.8 Å². The summed E-state index contributed by atoms with van der Waals surface area (Å²) in [6, 6.07) is -1.23. The van der Waals surface area contributed by atoms with Crippen LogP contribution in [0.15, 0.2) is 0 Å². The second-order valence-corrected chi connectivity index (χ2v) is 3.88. The average Bonchev–Trinajstić information content (AvgIpc) is 2.57. The Balaban J connectivity index is 2.68. The van der Waals surface area contributed by atoms with Crippen LogP contribution in [-0.2, 0) is 9.59 Å². The van der Waals surface area contributed by atoms with Crippen molar-refractivity contribution in [2.45, 2.75) is 44.7 Å². The van der Waals surface area contributed by atoms with Crippen LogP contribution in [0.4, 0.5) is 0 Å². The first-order valence-corrected chi connectivity index (χ1v) is 5.29. The first kappa shape index (κ1) is 12.0. The van der Waals surface area contributed by atoms with Crippen LogP contribution in [0.25, 0.3) is 0 Å². The van der Waals surface area contributed by atoms with Gasteiger partial charge in [-0.3, -0.25) is 14.5 Å². The zero-order valence-electron chi connectivity index (χ0n) is 8.85. The smallest absolute Gasteiger partial charge is 0.320 e. The molecule has 86 valence electrons. The molecule has 0 unspecified atom stereocenters. The average molecular weight is 215 g/mol. The number of hydrogen-bond acceptors (Lipinski definition) is 3. The van der Waals surface area contributed by atoms with Gasteiger partial charge in [0.25, 0.3) is 0 Å². The van der Waals surface area contributed by atoms with E-state index in [2.05, 4.69) is 0 Å². The van der Waals surface area contributed by atoms with Gasteiger partial charge in [0.1, 0.15) is 12.1 Å². The summed E-state index contributed by atoms with van der Waals surface area (Å²) in [6.07, 6.45) is 2.66. The molecule has 2 atom stereocenters. The van der Waals surface area contributed by atoms with E-state index in [-0.39, 0.29) is 0 Å². The Kier molecular flexibility index (Phi) is 4.08. The van der Waals surface area contributed by atoms with Crippen molar-refractivity contribution in [1.29, 1.82) is 0 Å². The SMILES string of the molecule is CCCCN1[C@@H](C(=O)O)CC[C@H]1C(=O)O. The van der Waals surface area contributed by atoms with E-state index in [1.54, 1.807) is 4.90 Å². The van der Waals surface area contributed by atoms with E-state index < -0.39 is 24.0 Å². The molecule has 0 radical (unpaired) electrons. The number of carboxylic acids is 2. The second-order valence-electron chi connectivity index (χ2n) is 3.88. The lowest BCUT2D eigenvalue weighted by atomic mass is 10.2. The van der Waals surface area contributed by atoms with E-state index in [4.69, 9.17) is 10.2 Å². The lowest BCUT2D eigenvalue weighted by Gasteiger charge is -2.25. The highest BCUT2D eigenvalue weighted by Gasteiger charge is 2.40. The fourth-order valence-electron chi connectivity index (χ4n) is 2.05. The van der Waals surface area contributed by atoms with Gasteiger partial charge in [-0.25, -0.2) is 0 Å². The van der Waals surface area contributed by atoms with Crippen molar-refractivity contribution in [2.75, 3.05) is 6.54 Å². The van der Waals surface area contributed by atoms with Gasteiger partial charge in [-0.05, 0) is 25.8 Å². The van der Waals surface area contributed by atoms with Crippen LogP contribution in [0.5, 0.6) is 0 Å². The van der Waals surface area contributed by atoms with Gasteiger partial charge in [0.05, 0.1) is 0 Å². The van der Waals surface area contributed by atoms with E-state index in [1.165, 1.54) is 0 Å². The minimum atomic E-state index is -0.908. The van der Waals surface area contributed by atoms with Crippen LogP contribution >= 0.6 is 0 Å². The molecular formula is C10H17NO4. The van der Waals surface area contributed by atoms with Crippen LogP contribution < -0.4 is 0 Å². The Bertz CT molecular complexity index is 232. The summed E-state index contributed by atoms with van der Waals surface area (Å²) in [7, 11) is 0. The van der Waals surface area contributed by atoms with Gasteiger partial charge in [-0.15, -0.1) is 0 Å². The standard InChI is InChI=1S/C10H17NO4/c1-2-3-6-11-7(9(12)13)4-5-8(11)10(14)15/h7-8H,2-6H2,1H3,(H,12,13)(H,14,15)/t7-,8+. The van der Waals surface area contributed by atoms with Crippen LogP contribution in [0.1, 0.15) is 32.6 Å². The third-order valence-corrected chi connectivity index (χ3v) is 2.85. The van der Waals surface area contributed by atoms with Crippen molar-refractivity contribution in [3.8, 4) is 0 Å². The maximum Gasteiger partial charge on any atom is 0.320 e. The molecule has 1 fully saturated rings. The molecule has 2 N–H and O–H groups in total. The highest BCUT2D eigenvalue weighted by molar-refractivity contribution is 5.79. The second kappa shape index (κ2) is 5.11. The highest BCUT2D eigenvalue weighted by Crippen LogP contribution is 2.25. The van der Waals surface area contributed by atoms with Gasteiger partial charge in [-0.1, -0.05) is 13.3 Å². The molecule has 5 nitrogen and oxygen atoms in total. The number of hydrogen-bond donors (Lipinski definition) is 2. The highest BCUT2D eigenvalue weighted by atomic mass is 16.4. The maximum atomic E-state index is 10.9. The molecule has 0 saturated carbocycles. The van der Waals surface area contributed by atoms with Crippen molar-refractivity contribution in [2.24, 2.45) is 0 Å². The number of rotatable bonds is 5. The predicted octanol–water partition coefficient (Wildman–Crippen LogP) is 0.789. The molecule has 15 heavy (non-hydrogen) atoms. The maximum absolute atomic E-state index is 10.9. The van der Waals surface area contributed by atoms with Crippen molar-refractivity contribution in [3.05, 3.63) is 0 Å². The minimum absolute atomic E-state index is 0.440. The van der Waals surface area contributed by atoms with E-state index in [9.17, 15) is 9.59 Å². The molecule has 0 aromatic carbocycles. The largest absolute Gasteiger partial charge is 0.480 e. The normalized spacial score (nSPS) is 26.7. The van der Waals surface area contributed by atoms with Gasteiger partial charge in [0, 0.05) is 0 Å². The molecule has 5 heteroatoms. The summed E-state index contributed by atoms with van der Waals surface area (Å²) in [4.78, 5) is 23.4. The molecule has 0 amide bonds. The summed E-state index contributed by atoms with van der Waals surface area (Å²) in [5, 5.41) is 17.9. The molecule has 1 aliphatic heterocycles. The van der Waals surface area contributed by atoms with E-state index in [0.29, 0.717) is 19.4 Å². The van der Waals surface area contributed by atoms with Crippen molar-refractivity contribution < 1.29 is 19.8 Å². The summed E-state index contributed by atoms with van der Waals surface area (Å²) in [5.74, 6) is -1.82. The molecule has 0 bridgehead atoms. The Morgan fingerprint density at radius 1 is 1.20 bits per heavy atom. The fraction of sp³-hybridized carbons (Fsp3) is 0.800. The molecule has 0 aliphatic carbocycles. The Hall–Kier alpha value is -1.10. The number of carbonyl (C=O) groups is 2. The molecular weight excluding hydrogens is 198 g/mol. The first-order chi connectivity index (χ1) is 7.07. The summed E-state index contributed by atoms with van der Waals surface area (Å²) >= 11 is 0. The van der Waals surface area contributed by atoms with Gasteiger partial charge < -0.3 is 10.2 Å². The van der Waals surface area contributed by atoms with Gasteiger partial charge in [0.2, 0.25) is 0 Å². The van der Waals surface area contributed by atoms with Crippen molar-refractivity contribution in [1.82, 2.24) is 4.90 Å². The summed E-state index contributed by atoms with van der Waals surface area (Å²) in [5.41, 5.74) is 0. The Labute approximate surface area is 88.7 Å². The zero-order chi connectivity index (χ0) is 11.4. The molecule has 1 rings (SSSR count). The predicted molar refractivity (Wildman–Crippen MR) is 53.7 cm³/mol. The summed E-state index contributed by atoms with van der Waals surface area (Å²) < 4.78 is 0. The molecule has 0 spiro atoms. The van der Waals surface area contributed by atoms with Gasteiger partial charge >= 0.3 is 11.9 Å². The van der Waals surface area contributed by atoms with Crippen LogP contribution in [0.2, 0.25) is 0 Å². The zero-order valence-corrected chi connectivity index (χ0v) is 8.85. The molecule has 0 aromatic heterocycles. The molecule has 1 saturated heterocycles. The van der Waals surface area contributed by atoms with Crippen molar-refractivity contribution in [3.63, 3.8) is 0 Å². The Morgan fingerprint density at radius 2 is 1.67 bits per heavy atom. The fourth-order valence-corrected chi connectivity index (χ4v) is 2.05. The lowest BCUT2D eigenvalue weighted by molar-refractivity contribution is -0.146. The number of nitrogens with zero attached hydrogens (tertiary/aromatic N) is 1. The summed E-state index contributed by atoms with van der Waals surface area (Å²) in [6.45, 7) is 2.56. The third-order valence-electron chi connectivity index (χ3n) is 2.85. The van der Waals surface area contributed by atoms with Crippen LogP contribution in [0.3, 0.4) is 0 Å². The van der Waals surface area contributed by atoms with E-state index in [1.807, 2.05) is 6.92 Å². The van der Waals surface area contributed by atoms with E-state index >= 15 is 0 Å². The van der Waals surface area contributed by atoms with Crippen LogP contribution in [-0.4, -0.2) is 45.7 Å². The monoisotopic (exact) mass is 215 g/mol. The van der Waals surface area contributed by atoms with Gasteiger partial charge in [0.15, 0.2) is 0 Å². The Morgan fingerprint density at radius 3 is 2.00 bits per heavy atom.